The van der Waals surface area contributed by atoms with Crippen LogP contribution in [0.4, 0.5) is 0 Å². The zero-order valence-electron chi connectivity index (χ0n) is 13.8. The van der Waals surface area contributed by atoms with Crippen LogP contribution in [0.1, 0.15) is 21.5 Å². The summed E-state index contributed by atoms with van der Waals surface area (Å²) < 4.78 is 4.95. The number of thioether (sulfide) groups is 1. The molecule has 0 aliphatic heterocycles. The minimum absolute atomic E-state index is 0.307. The highest BCUT2D eigenvalue weighted by Gasteiger charge is 2.09. The van der Waals surface area contributed by atoms with Gasteiger partial charge in [0, 0.05) is 17.2 Å². The Kier molecular flexibility index (Phi) is 7.05. The first-order chi connectivity index (χ1) is 12.1. The second-order valence-corrected chi connectivity index (χ2v) is 6.45. The van der Waals surface area contributed by atoms with Gasteiger partial charge in [0.1, 0.15) is 0 Å². The normalized spacial score (nSPS) is 9.92. The van der Waals surface area contributed by atoms with Crippen molar-refractivity contribution in [2.24, 2.45) is 0 Å². The van der Waals surface area contributed by atoms with Crippen molar-refractivity contribution in [3.05, 3.63) is 65.2 Å². The molecular formula is C19H18N2O3S. The highest BCUT2D eigenvalue weighted by Crippen LogP contribution is 2.17. The molecule has 2 aromatic carbocycles. The molecule has 0 unspecified atom stereocenters. The van der Waals surface area contributed by atoms with Crippen LogP contribution in [0.15, 0.2) is 53.4 Å². The van der Waals surface area contributed by atoms with Gasteiger partial charge >= 0.3 is 5.97 Å². The summed E-state index contributed by atoms with van der Waals surface area (Å²) in [6.45, 7) is 2.20. The number of carbonyl (C=O) groups excluding carboxylic acids is 2. The summed E-state index contributed by atoms with van der Waals surface area (Å²) >= 11 is 1.65. The molecule has 2 rings (SSSR count). The molecule has 0 heterocycles. The first-order valence-electron chi connectivity index (χ1n) is 7.72. The number of hydrogen-bond donors (Lipinski definition) is 1. The van der Waals surface area contributed by atoms with Gasteiger partial charge in [0.2, 0.25) is 0 Å². The minimum atomic E-state index is -0.589. The Hall–Kier alpha value is -2.78. The van der Waals surface area contributed by atoms with Crippen LogP contribution in [-0.4, -0.2) is 30.8 Å². The van der Waals surface area contributed by atoms with Crippen LogP contribution in [-0.2, 0) is 9.53 Å². The van der Waals surface area contributed by atoms with E-state index >= 15 is 0 Å². The van der Waals surface area contributed by atoms with Crippen LogP contribution in [0, 0.1) is 18.3 Å². The molecule has 25 heavy (non-hydrogen) atoms. The number of ether oxygens (including phenoxy) is 1. The second-order valence-electron chi connectivity index (χ2n) is 5.28. The predicted molar refractivity (Wildman–Crippen MR) is 96.4 cm³/mol. The molecule has 5 nitrogen and oxygen atoms in total. The molecular weight excluding hydrogens is 336 g/mol. The number of nitrogens with zero attached hydrogens (tertiary/aromatic N) is 1. The van der Waals surface area contributed by atoms with Crippen LogP contribution >= 0.6 is 11.8 Å². The Morgan fingerprint density at radius 3 is 2.44 bits per heavy atom. The van der Waals surface area contributed by atoms with E-state index in [1.54, 1.807) is 11.8 Å². The van der Waals surface area contributed by atoms with E-state index in [-0.39, 0.29) is 12.5 Å². The van der Waals surface area contributed by atoms with Gasteiger partial charge < -0.3 is 10.1 Å². The summed E-state index contributed by atoms with van der Waals surface area (Å²) in [7, 11) is 0. The van der Waals surface area contributed by atoms with Crippen molar-refractivity contribution < 1.29 is 14.3 Å². The van der Waals surface area contributed by atoms with Crippen molar-refractivity contribution in [2.45, 2.75) is 11.8 Å². The maximum Gasteiger partial charge on any atom is 0.338 e. The standard InChI is InChI=1S/C19H18N2O3S/c1-14-2-8-17(9-3-14)25-11-10-21-18(22)13-24-19(23)16-6-4-15(12-20)5-7-16/h2-9H,10-11,13H2,1H3,(H,21,22). The van der Waals surface area contributed by atoms with Crippen molar-refractivity contribution in [3.8, 4) is 6.07 Å². The van der Waals surface area contributed by atoms with Gasteiger partial charge in [0.05, 0.1) is 17.2 Å². The molecule has 0 aliphatic carbocycles. The average molecular weight is 354 g/mol. The zero-order valence-corrected chi connectivity index (χ0v) is 14.6. The van der Waals surface area contributed by atoms with E-state index in [0.29, 0.717) is 17.7 Å². The Morgan fingerprint density at radius 2 is 1.80 bits per heavy atom. The van der Waals surface area contributed by atoms with Crippen molar-refractivity contribution in [1.29, 1.82) is 5.26 Å². The van der Waals surface area contributed by atoms with Gasteiger partial charge in [-0.25, -0.2) is 4.79 Å². The SMILES string of the molecule is Cc1ccc(SCCNC(=O)COC(=O)c2ccc(C#N)cc2)cc1. The van der Waals surface area contributed by atoms with Crippen LogP contribution in [0.25, 0.3) is 0 Å². The van der Waals surface area contributed by atoms with E-state index in [1.807, 2.05) is 37.3 Å². The summed E-state index contributed by atoms with van der Waals surface area (Å²) in [6, 6.07) is 16.2. The topological polar surface area (TPSA) is 79.2 Å². The van der Waals surface area contributed by atoms with Crippen molar-refractivity contribution in [1.82, 2.24) is 5.32 Å². The maximum atomic E-state index is 11.8. The average Bonchev–Trinajstić information content (AvgIpc) is 2.64. The molecule has 0 spiro atoms. The van der Waals surface area contributed by atoms with Crippen LogP contribution in [0.2, 0.25) is 0 Å². The summed E-state index contributed by atoms with van der Waals surface area (Å²) in [5, 5.41) is 11.4. The maximum absolute atomic E-state index is 11.8. The van der Waals surface area contributed by atoms with Crippen molar-refractivity contribution >= 4 is 23.6 Å². The Morgan fingerprint density at radius 1 is 1.12 bits per heavy atom. The first kappa shape index (κ1) is 18.6. The van der Waals surface area contributed by atoms with Gasteiger partial charge in [0.15, 0.2) is 6.61 Å². The molecule has 0 aliphatic rings. The number of nitrogens with one attached hydrogen (secondary N) is 1. The van der Waals surface area contributed by atoms with Gasteiger partial charge in [-0.2, -0.15) is 5.26 Å². The number of rotatable bonds is 7. The summed E-state index contributed by atoms with van der Waals surface area (Å²) in [5.41, 5.74) is 1.98. The van der Waals surface area contributed by atoms with Crippen LogP contribution in [0.5, 0.6) is 0 Å². The van der Waals surface area contributed by atoms with E-state index in [2.05, 4.69) is 5.32 Å². The number of carbonyl (C=O) groups is 2. The number of aryl methyl sites for hydroxylation is 1. The number of esters is 1. The molecule has 128 valence electrons. The highest BCUT2D eigenvalue weighted by atomic mass is 32.2. The number of amides is 1. The molecule has 0 atom stereocenters. The van der Waals surface area contributed by atoms with E-state index in [9.17, 15) is 9.59 Å². The van der Waals surface area contributed by atoms with Gasteiger partial charge in [0.25, 0.3) is 5.91 Å². The highest BCUT2D eigenvalue weighted by molar-refractivity contribution is 7.99. The lowest BCUT2D eigenvalue weighted by molar-refractivity contribution is -0.124. The third kappa shape index (κ3) is 6.32. The molecule has 0 fully saturated rings. The molecule has 0 aromatic heterocycles. The van der Waals surface area contributed by atoms with Gasteiger partial charge in [-0.3, -0.25) is 4.79 Å². The molecule has 0 radical (unpaired) electrons. The number of nitriles is 1. The number of benzene rings is 2. The third-order valence-electron chi connectivity index (χ3n) is 3.30. The van der Waals surface area contributed by atoms with Crippen LogP contribution < -0.4 is 5.32 Å². The zero-order chi connectivity index (χ0) is 18.1. The Bertz CT molecular complexity index is 765. The van der Waals surface area contributed by atoms with Gasteiger partial charge in [-0.15, -0.1) is 11.8 Å². The fraction of sp³-hybridized carbons (Fsp3) is 0.211. The summed E-state index contributed by atoms with van der Waals surface area (Å²) in [5.74, 6) is -0.196. The smallest absolute Gasteiger partial charge is 0.338 e. The summed E-state index contributed by atoms with van der Waals surface area (Å²) in [4.78, 5) is 24.6. The quantitative estimate of drug-likeness (QED) is 0.470. The molecule has 0 bridgehead atoms. The van der Waals surface area contributed by atoms with E-state index < -0.39 is 5.97 Å². The number of hydrogen-bond acceptors (Lipinski definition) is 5. The predicted octanol–water partition coefficient (Wildman–Crippen LogP) is 2.93. The van der Waals surface area contributed by atoms with Gasteiger partial charge in [-0.1, -0.05) is 17.7 Å². The van der Waals surface area contributed by atoms with E-state index in [0.717, 1.165) is 10.6 Å². The van der Waals surface area contributed by atoms with Crippen molar-refractivity contribution in [2.75, 3.05) is 18.9 Å². The Balaban J connectivity index is 1.65. The molecule has 2 aromatic rings. The lowest BCUT2D eigenvalue weighted by Gasteiger charge is -2.07. The molecule has 0 saturated carbocycles. The lowest BCUT2D eigenvalue weighted by atomic mass is 10.1. The summed E-state index contributed by atoms with van der Waals surface area (Å²) in [6.07, 6.45) is 0. The molecule has 1 amide bonds. The van der Waals surface area contributed by atoms with Crippen molar-refractivity contribution in [3.63, 3.8) is 0 Å². The van der Waals surface area contributed by atoms with Gasteiger partial charge in [-0.05, 0) is 43.3 Å². The minimum Gasteiger partial charge on any atom is -0.452 e. The fourth-order valence-electron chi connectivity index (χ4n) is 1.94. The molecule has 1 N–H and O–H groups in total. The lowest BCUT2D eigenvalue weighted by Crippen LogP contribution is -2.30. The van der Waals surface area contributed by atoms with Crippen LogP contribution in [0.3, 0.4) is 0 Å². The van der Waals surface area contributed by atoms with E-state index in [4.69, 9.17) is 10.00 Å². The Labute approximate surface area is 151 Å². The second kappa shape index (κ2) is 9.50. The fourth-order valence-corrected chi connectivity index (χ4v) is 2.71. The molecule has 6 heteroatoms. The van der Waals surface area contributed by atoms with E-state index in [1.165, 1.54) is 29.8 Å². The first-order valence-corrected chi connectivity index (χ1v) is 8.70. The largest absolute Gasteiger partial charge is 0.452 e. The third-order valence-corrected chi connectivity index (χ3v) is 4.31. The monoisotopic (exact) mass is 354 g/mol. The molecule has 0 saturated heterocycles.